The van der Waals surface area contributed by atoms with Crippen molar-refractivity contribution < 1.29 is 13.9 Å². The number of halogens is 1. The van der Waals surface area contributed by atoms with E-state index in [0.29, 0.717) is 36.4 Å². The van der Waals surface area contributed by atoms with E-state index >= 15 is 4.39 Å². The van der Waals surface area contributed by atoms with Gasteiger partial charge in [0.2, 0.25) is 5.88 Å². The molecule has 0 radical (unpaired) electrons. The molecule has 2 aromatic heterocycles. The van der Waals surface area contributed by atoms with Crippen molar-refractivity contribution in [1.29, 1.82) is 0 Å². The number of anilines is 2. The molecule has 4 heterocycles. The van der Waals surface area contributed by atoms with Gasteiger partial charge in [-0.05, 0) is 68.6 Å². The summed E-state index contributed by atoms with van der Waals surface area (Å²) in [7, 11) is 1.64. The first-order valence-corrected chi connectivity index (χ1v) is 15.3. The van der Waals surface area contributed by atoms with Crippen molar-refractivity contribution in [3.05, 3.63) is 60.2 Å². The Morgan fingerprint density at radius 1 is 1.02 bits per heavy atom. The van der Waals surface area contributed by atoms with Crippen LogP contribution in [0, 0.1) is 5.82 Å². The number of hydrogen-bond donors (Lipinski definition) is 0. The Morgan fingerprint density at radius 2 is 1.80 bits per heavy atom. The fraction of sp³-hybridized carbons (Fsp3) is 0.484. The minimum absolute atomic E-state index is 0.243. The van der Waals surface area contributed by atoms with E-state index in [2.05, 4.69) is 55.8 Å². The molecule has 0 amide bonds. The van der Waals surface area contributed by atoms with E-state index in [-0.39, 0.29) is 5.82 Å². The third-order valence-corrected chi connectivity index (χ3v) is 8.93. The van der Waals surface area contributed by atoms with E-state index in [4.69, 9.17) is 9.47 Å². The maximum atomic E-state index is 15.4. The van der Waals surface area contributed by atoms with Crippen LogP contribution in [0.3, 0.4) is 0 Å². The number of aromatic nitrogens is 2. The van der Waals surface area contributed by atoms with Gasteiger partial charge >= 0.3 is 0 Å². The van der Waals surface area contributed by atoms with Gasteiger partial charge in [-0.25, -0.2) is 9.37 Å². The minimum atomic E-state index is -0.243. The van der Waals surface area contributed by atoms with Gasteiger partial charge in [0, 0.05) is 70.2 Å². The van der Waals surface area contributed by atoms with Gasteiger partial charge in [-0.1, -0.05) is 6.07 Å². The van der Waals surface area contributed by atoms with Crippen molar-refractivity contribution in [2.45, 2.75) is 38.3 Å². The van der Waals surface area contributed by atoms with Crippen molar-refractivity contribution in [2.75, 3.05) is 75.3 Å². The molecule has 220 valence electrons. The number of ether oxygens (including phenoxy) is 2. The van der Waals surface area contributed by atoms with Crippen LogP contribution in [-0.4, -0.2) is 91.9 Å². The highest BCUT2D eigenvalue weighted by Gasteiger charge is 2.20. The van der Waals surface area contributed by atoms with Gasteiger partial charge in [0.05, 0.1) is 48.5 Å². The smallest absolute Gasteiger partial charge is 0.229 e. The van der Waals surface area contributed by atoms with E-state index in [9.17, 15) is 0 Å². The molecule has 0 spiro atoms. The van der Waals surface area contributed by atoms with Gasteiger partial charge < -0.3 is 18.7 Å². The van der Waals surface area contributed by atoms with Crippen LogP contribution in [0.15, 0.2) is 53.7 Å². The third-order valence-electron chi connectivity index (χ3n) is 7.75. The first kappa shape index (κ1) is 29.6. The fourth-order valence-corrected chi connectivity index (χ4v) is 6.31. The molecule has 0 unspecified atom stereocenters. The molecule has 10 heteroatoms. The lowest BCUT2D eigenvalue weighted by Gasteiger charge is -2.36. The Morgan fingerprint density at radius 3 is 2.49 bits per heavy atom. The van der Waals surface area contributed by atoms with Gasteiger partial charge in [0.15, 0.2) is 0 Å². The zero-order valence-corrected chi connectivity index (χ0v) is 25.4. The Labute approximate surface area is 247 Å². The highest BCUT2D eigenvalue weighted by atomic mass is 32.2. The maximum absolute atomic E-state index is 15.4. The number of rotatable bonds is 10. The van der Waals surface area contributed by atoms with Crippen molar-refractivity contribution in [2.24, 2.45) is 0 Å². The van der Waals surface area contributed by atoms with E-state index in [0.717, 1.165) is 74.2 Å². The molecule has 2 aliphatic heterocycles. The monoisotopic (exact) mass is 580 g/mol. The van der Waals surface area contributed by atoms with Crippen molar-refractivity contribution in [1.82, 2.24) is 19.8 Å². The zero-order valence-electron chi connectivity index (χ0n) is 24.6. The van der Waals surface area contributed by atoms with Crippen LogP contribution in [-0.2, 0) is 11.3 Å². The Hall–Kier alpha value is -2.92. The molecule has 2 aliphatic rings. The summed E-state index contributed by atoms with van der Waals surface area (Å²) in [5, 5.41) is 0. The number of morpholine rings is 1. The highest BCUT2D eigenvalue weighted by Crippen LogP contribution is 2.37. The Bertz CT molecular complexity index is 1300. The van der Waals surface area contributed by atoms with Gasteiger partial charge in [0.1, 0.15) is 5.82 Å². The molecule has 0 saturated carbocycles. The van der Waals surface area contributed by atoms with Crippen LogP contribution in [0.4, 0.5) is 15.8 Å². The first-order valence-electron chi connectivity index (χ1n) is 14.5. The summed E-state index contributed by atoms with van der Waals surface area (Å²) in [6.45, 7) is 15.3. The van der Waals surface area contributed by atoms with Crippen LogP contribution in [0.25, 0.3) is 11.3 Å². The molecule has 0 atom stereocenters. The number of nitrogens with zero attached hydrogens (tertiary/aromatic N) is 6. The second-order valence-corrected chi connectivity index (χ2v) is 11.8. The molecule has 1 aromatic carbocycles. The van der Waals surface area contributed by atoms with Gasteiger partial charge in [0.25, 0.3) is 0 Å². The molecular weight excluding hydrogens is 539 g/mol. The predicted octanol–water partition coefficient (Wildman–Crippen LogP) is 5.19. The molecule has 3 aromatic rings. The van der Waals surface area contributed by atoms with Crippen LogP contribution >= 0.6 is 11.9 Å². The van der Waals surface area contributed by atoms with E-state index in [1.165, 1.54) is 0 Å². The standard InChI is InChI=1S/C31H41FN6O2S/c1-5-38(41-30-20-26(21-34-31(30)39-4)37-14-16-40-17-15-37)25-8-9-33-29(19-25)27-7-6-24(18-28(27)32)22-35-10-12-36(13-11-35)23(2)3/h6-9,18-21,23H,5,10-17,22H2,1-4H3. The summed E-state index contributed by atoms with van der Waals surface area (Å²) in [5.41, 5.74) is 4.10. The lowest BCUT2D eigenvalue weighted by molar-refractivity contribution is 0.104. The highest BCUT2D eigenvalue weighted by molar-refractivity contribution is 8.00. The van der Waals surface area contributed by atoms with Crippen LogP contribution < -0.4 is 13.9 Å². The summed E-state index contributed by atoms with van der Waals surface area (Å²) < 4.78 is 28.7. The summed E-state index contributed by atoms with van der Waals surface area (Å²) in [6, 6.07) is 12.1. The van der Waals surface area contributed by atoms with E-state index in [1.54, 1.807) is 31.3 Å². The van der Waals surface area contributed by atoms with Crippen molar-refractivity contribution >= 4 is 23.3 Å². The second-order valence-electron chi connectivity index (χ2n) is 10.7. The zero-order chi connectivity index (χ0) is 28.8. The van der Waals surface area contributed by atoms with Crippen molar-refractivity contribution in [3.63, 3.8) is 0 Å². The molecule has 2 fully saturated rings. The maximum Gasteiger partial charge on any atom is 0.229 e. The Kier molecular flexibility index (Phi) is 9.97. The average molecular weight is 581 g/mol. The molecular formula is C31H41FN6O2S. The van der Waals surface area contributed by atoms with E-state index < -0.39 is 0 Å². The van der Waals surface area contributed by atoms with Crippen molar-refractivity contribution in [3.8, 4) is 17.1 Å². The third kappa shape index (κ3) is 7.30. The number of methoxy groups -OCH3 is 1. The van der Waals surface area contributed by atoms with Crippen LogP contribution in [0.5, 0.6) is 5.88 Å². The average Bonchev–Trinajstić information content (AvgIpc) is 3.00. The fourth-order valence-electron chi connectivity index (χ4n) is 5.34. The number of pyridine rings is 2. The quantitative estimate of drug-likeness (QED) is 0.302. The van der Waals surface area contributed by atoms with Crippen LogP contribution in [0.2, 0.25) is 0 Å². The predicted molar refractivity (Wildman–Crippen MR) is 164 cm³/mol. The van der Waals surface area contributed by atoms with Gasteiger partial charge in [-0.3, -0.25) is 14.8 Å². The SMILES string of the molecule is CCN(Sc1cc(N2CCOCC2)cnc1OC)c1ccnc(-c2ccc(CN3CCN(C(C)C)CC3)cc2F)c1. The molecule has 0 aliphatic carbocycles. The number of piperazine rings is 1. The number of benzene rings is 1. The minimum Gasteiger partial charge on any atom is -0.480 e. The molecule has 0 bridgehead atoms. The molecule has 5 rings (SSSR count). The summed E-state index contributed by atoms with van der Waals surface area (Å²) in [6.07, 6.45) is 3.60. The van der Waals surface area contributed by atoms with Crippen LogP contribution in [0.1, 0.15) is 26.3 Å². The molecule has 2 saturated heterocycles. The lowest BCUT2D eigenvalue weighted by Crippen LogP contribution is -2.48. The normalized spacial score (nSPS) is 16.8. The number of hydrogen-bond acceptors (Lipinski definition) is 9. The largest absolute Gasteiger partial charge is 0.480 e. The topological polar surface area (TPSA) is 57.2 Å². The summed E-state index contributed by atoms with van der Waals surface area (Å²) >= 11 is 1.56. The summed E-state index contributed by atoms with van der Waals surface area (Å²) in [4.78, 5) is 17.2. The summed E-state index contributed by atoms with van der Waals surface area (Å²) in [5.74, 6) is 0.333. The molecule has 0 N–H and O–H groups in total. The Balaban J connectivity index is 1.30. The molecule has 41 heavy (non-hydrogen) atoms. The lowest BCUT2D eigenvalue weighted by atomic mass is 10.1. The van der Waals surface area contributed by atoms with Gasteiger partial charge in [-0.2, -0.15) is 0 Å². The van der Waals surface area contributed by atoms with E-state index in [1.807, 2.05) is 30.5 Å². The first-order chi connectivity index (χ1) is 19.9. The van der Waals surface area contributed by atoms with Gasteiger partial charge in [-0.15, -0.1) is 0 Å². The molecule has 8 nitrogen and oxygen atoms in total. The second kappa shape index (κ2) is 13.8.